The minimum absolute atomic E-state index is 0.00894. The van der Waals surface area contributed by atoms with E-state index in [2.05, 4.69) is 0 Å². The lowest BCUT2D eigenvalue weighted by molar-refractivity contribution is -0.387. The van der Waals surface area contributed by atoms with Gasteiger partial charge in [0, 0.05) is 25.6 Å². The summed E-state index contributed by atoms with van der Waals surface area (Å²) >= 11 is 0. The van der Waals surface area contributed by atoms with Gasteiger partial charge >= 0.3 is 5.69 Å². The third-order valence-corrected chi connectivity index (χ3v) is 5.58. The number of aryl methyl sites for hydroxylation is 1. The van der Waals surface area contributed by atoms with Crippen LogP contribution in [-0.2, 0) is 16.0 Å². The molecule has 30 heavy (non-hydrogen) atoms. The van der Waals surface area contributed by atoms with Crippen molar-refractivity contribution in [3.63, 3.8) is 0 Å². The van der Waals surface area contributed by atoms with Gasteiger partial charge in [0.05, 0.1) is 29.3 Å². The van der Waals surface area contributed by atoms with E-state index in [-0.39, 0.29) is 30.5 Å². The van der Waals surface area contributed by atoms with Gasteiger partial charge in [-0.15, -0.1) is 0 Å². The van der Waals surface area contributed by atoms with E-state index in [4.69, 9.17) is 4.74 Å². The van der Waals surface area contributed by atoms with Crippen LogP contribution in [0.3, 0.4) is 0 Å². The zero-order valence-corrected chi connectivity index (χ0v) is 16.3. The molecule has 9 heteroatoms. The summed E-state index contributed by atoms with van der Waals surface area (Å²) in [6, 6.07) is 8.94. The predicted molar refractivity (Wildman–Crippen MR) is 107 cm³/mol. The third-order valence-electron chi connectivity index (χ3n) is 5.58. The van der Waals surface area contributed by atoms with E-state index >= 15 is 0 Å². The van der Waals surface area contributed by atoms with Gasteiger partial charge in [-0.2, -0.15) is 4.39 Å². The van der Waals surface area contributed by atoms with Crippen LogP contribution >= 0.6 is 0 Å². The number of hydrogen-bond acceptors (Lipinski definition) is 5. The number of methoxy groups -OCH3 is 1. The number of anilines is 2. The zero-order chi connectivity index (χ0) is 21.4. The van der Waals surface area contributed by atoms with Crippen molar-refractivity contribution >= 4 is 28.9 Å². The van der Waals surface area contributed by atoms with Crippen molar-refractivity contribution in [2.24, 2.45) is 5.92 Å². The molecule has 0 aliphatic carbocycles. The molecule has 2 aromatic rings. The number of nitro benzene ring substituents is 1. The highest BCUT2D eigenvalue weighted by Crippen LogP contribution is 2.38. The molecular weight excluding hydrogens is 393 g/mol. The first-order chi connectivity index (χ1) is 14.4. The fourth-order valence-electron chi connectivity index (χ4n) is 4.15. The summed E-state index contributed by atoms with van der Waals surface area (Å²) in [4.78, 5) is 39.0. The molecule has 0 radical (unpaired) electrons. The Labute approximate surface area is 172 Å². The average Bonchev–Trinajstić information content (AvgIpc) is 3.14. The van der Waals surface area contributed by atoms with Crippen molar-refractivity contribution in [1.82, 2.24) is 0 Å². The molecule has 2 aliphatic heterocycles. The summed E-state index contributed by atoms with van der Waals surface area (Å²) < 4.78 is 19.1. The van der Waals surface area contributed by atoms with E-state index in [0.717, 1.165) is 36.2 Å². The van der Waals surface area contributed by atoms with E-state index in [9.17, 15) is 24.1 Å². The highest BCUT2D eigenvalue weighted by molar-refractivity contribution is 6.05. The number of ether oxygens (including phenoxy) is 1. The summed E-state index contributed by atoms with van der Waals surface area (Å²) in [6.07, 6.45) is 1.64. The lowest BCUT2D eigenvalue weighted by atomic mass is 9.98. The smallest absolute Gasteiger partial charge is 0.306 e. The van der Waals surface area contributed by atoms with Gasteiger partial charge in [-0.1, -0.05) is 12.1 Å². The molecule has 2 heterocycles. The van der Waals surface area contributed by atoms with Crippen LogP contribution in [0.1, 0.15) is 18.4 Å². The molecule has 0 bridgehead atoms. The summed E-state index contributed by atoms with van der Waals surface area (Å²) in [5, 5.41) is 11.0. The van der Waals surface area contributed by atoms with Gasteiger partial charge in [0.2, 0.25) is 17.6 Å². The Morgan fingerprint density at radius 3 is 2.83 bits per heavy atom. The van der Waals surface area contributed by atoms with Crippen molar-refractivity contribution in [3.8, 4) is 5.75 Å². The van der Waals surface area contributed by atoms with Gasteiger partial charge in [-0.3, -0.25) is 19.7 Å². The molecule has 0 saturated carbocycles. The molecule has 2 aromatic carbocycles. The molecule has 1 fully saturated rings. The topological polar surface area (TPSA) is 93.0 Å². The van der Waals surface area contributed by atoms with Gasteiger partial charge in [-0.25, -0.2) is 0 Å². The van der Waals surface area contributed by atoms with Gasteiger partial charge in [-0.05, 0) is 36.6 Å². The van der Waals surface area contributed by atoms with Crippen LogP contribution in [0.2, 0.25) is 0 Å². The number of fused-ring (bicyclic) bond motifs is 1. The van der Waals surface area contributed by atoms with Crippen LogP contribution in [0.5, 0.6) is 5.75 Å². The maximum atomic E-state index is 13.6. The largest absolute Gasteiger partial charge is 0.495 e. The first-order valence-corrected chi connectivity index (χ1v) is 9.62. The fourth-order valence-corrected chi connectivity index (χ4v) is 4.15. The van der Waals surface area contributed by atoms with Crippen molar-refractivity contribution in [2.75, 3.05) is 30.0 Å². The van der Waals surface area contributed by atoms with Gasteiger partial charge < -0.3 is 14.5 Å². The van der Waals surface area contributed by atoms with Crippen molar-refractivity contribution < 1.29 is 23.6 Å². The van der Waals surface area contributed by atoms with E-state index < -0.39 is 22.3 Å². The summed E-state index contributed by atoms with van der Waals surface area (Å²) in [5.74, 6) is -1.48. The Morgan fingerprint density at radius 2 is 2.10 bits per heavy atom. The van der Waals surface area contributed by atoms with Crippen molar-refractivity contribution in [3.05, 3.63) is 57.9 Å². The first kappa shape index (κ1) is 19.8. The zero-order valence-electron chi connectivity index (χ0n) is 16.3. The quantitative estimate of drug-likeness (QED) is 0.567. The summed E-state index contributed by atoms with van der Waals surface area (Å²) in [5.41, 5.74) is 1.26. The molecule has 1 atom stereocenters. The van der Waals surface area contributed by atoms with Crippen LogP contribution < -0.4 is 14.5 Å². The Morgan fingerprint density at radius 1 is 1.30 bits per heavy atom. The number of nitro groups is 1. The molecule has 1 unspecified atom stereocenters. The number of para-hydroxylation sites is 1. The molecule has 4 rings (SSSR count). The number of rotatable bonds is 4. The number of benzene rings is 2. The average molecular weight is 413 g/mol. The van der Waals surface area contributed by atoms with Crippen molar-refractivity contribution in [2.45, 2.75) is 19.3 Å². The maximum absolute atomic E-state index is 13.6. The lowest BCUT2D eigenvalue weighted by Crippen LogP contribution is -2.40. The van der Waals surface area contributed by atoms with Crippen LogP contribution in [-0.4, -0.2) is 36.9 Å². The second-order valence-corrected chi connectivity index (χ2v) is 7.36. The van der Waals surface area contributed by atoms with E-state index in [1.54, 1.807) is 18.1 Å². The Hall–Kier alpha value is -3.49. The Balaban J connectivity index is 1.60. The minimum Gasteiger partial charge on any atom is -0.495 e. The predicted octanol–water partition coefficient (Wildman–Crippen LogP) is 3.07. The number of carbonyl (C=O) groups is 2. The highest BCUT2D eigenvalue weighted by Gasteiger charge is 2.39. The third kappa shape index (κ3) is 3.36. The fraction of sp³-hybridized carbons (Fsp3) is 0.333. The van der Waals surface area contributed by atoms with E-state index in [1.165, 1.54) is 11.0 Å². The first-order valence-electron chi connectivity index (χ1n) is 9.62. The summed E-state index contributed by atoms with van der Waals surface area (Å²) in [6.45, 7) is 0.611. The standard InChI is InChI=1S/C21H20FN3O5/c1-30-18-6-2-4-13-5-3-9-23(20(13)18)21(27)14-10-19(26)24(12-14)15-7-8-16(22)17(11-15)25(28)29/h2,4,6-8,11,14H,3,5,9-10,12H2,1H3. The van der Waals surface area contributed by atoms with Crippen LogP contribution in [0.4, 0.5) is 21.5 Å². The van der Waals surface area contributed by atoms with Gasteiger partial charge in [0.15, 0.2) is 0 Å². The monoisotopic (exact) mass is 413 g/mol. The van der Waals surface area contributed by atoms with E-state index in [0.29, 0.717) is 12.3 Å². The second kappa shape index (κ2) is 7.74. The molecule has 156 valence electrons. The Kier molecular flexibility index (Phi) is 5.11. The molecule has 0 N–H and O–H groups in total. The Bertz CT molecular complexity index is 1030. The number of carbonyl (C=O) groups excluding carboxylic acids is 2. The van der Waals surface area contributed by atoms with Gasteiger partial charge in [0.25, 0.3) is 0 Å². The van der Waals surface area contributed by atoms with Crippen LogP contribution in [0.15, 0.2) is 36.4 Å². The SMILES string of the molecule is COc1cccc2c1N(C(=O)C1CC(=O)N(c3ccc(F)c([N+](=O)[O-])c3)C1)CCC2. The maximum Gasteiger partial charge on any atom is 0.306 e. The molecule has 8 nitrogen and oxygen atoms in total. The highest BCUT2D eigenvalue weighted by atomic mass is 19.1. The normalized spacial score (nSPS) is 18.3. The molecular formula is C21H20FN3O5. The molecule has 2 amide bonds. The van der Waals surface area contributed by atoms with Gasteiger partial charge in [0.1, 0.15) is 5.75 Å². The number of hydrogen-bond donors (Lipinski definition) is 0. The minimum atomic E-state index is -0.972. The molecule has 0 spiro atoms. The van der Waals surface area contributed by atoms with Crippen molar-refractivity contribution in [1.29, 1.82) is 0 Å². The van der Waals surface area contributed by atoms with Crippen LogP contribution in [0.25, 0.3) is 0 Å². The molecule has 0 aromatic heterocycles. The number of amides is 2. The molecule has 1 saturated heterocycles. The number of nitrogens with zero attached hydrogens (tertiary/aromatic N) is 3. The summed E-state index contributed by atoms with van der Waals surface area (Å²) in [7, 11) is 1.55. The second-order valence-electron chi connectivity index (χ2n) is 7.36. The number of halogens is 1. The van der Waals surface area contributed by atoms with E-state index in [1.807, 2.05) is 12.1 Å². The van der Waals surface area contributed by atoms with Crippen LogP contribution in [0, 0.1) is 21.8 Å². The lowest BCUT2D eigenvalue weighted by Gasteiger charge is -2.32. The molecule has 2 aliphatic rings.